The van der Waals surface area contributed by atoms with E-state index < -0.39 is 0 Å². The first-order chi connectivity index (χ1) is 19.1. The third kappa shape index (κ3) is 6.61. The average Bonchev–Trinajstić information content (AvgIpc) is 3.30. The van der Waals surface area contributed by atoms with Crippen LogP contribution in [0, 0.1) is 0 Å². The van der Waals surface area contributed by atoms with Gasteiger partial charge in [0.15, 0.2) is 0 Å². The molecule has 0 saturated carbocycles. The minimum Gasteiger partial charge on any atom is -0.497 e. The Bertz CT molecular complexity index is 1520. The van der Waals surface area contributed by atoms with E-state index >= 15 is 0 Å². The van der Waals surface area contributed by atoms with Gasteiger partial charge in [-0.1, -0.05) is 24.3 Å². The minimum absolute atomic E-state index is 0. The fraction of sp³-hybridized carbons (Fsp3) is 0.387. The summed E-state index contributed by atoms with van der Waals surface area (Å²) in [7, 11) is 1.70. The summed E-state index contributed by atoms with van der Waals surface area (Å²) in [6, 6.07) is 18.4. The number of nitrogens with zero attached hydrogens (tertiary/aromatic N) is 3. The van der Waals surface area contributed by atoms with Crippen molar-refractivity contribution in [3.05, 3.63) is 94.2 Å². The fourth-order valence-electron chi connectivity index (χ4n) is 6.44. The molecule has 10 heteroatoms. The van der Waals surface area contributed by atoms with Gasteiger partial charge in [-0.3, -0.25) is 19.2 Å². The molecule has 0 unspecified atom stereocenters. The van der Waals surface area contributed by atoms with Crippen LogP contribution in [0.5, 0.6) is 5.75 Å². The number of H-pyrrole nitrogens is 1. The van der Waals surface area contributed by atoms with E-state index in [2.05, 4.69) is 38.4 Å². The Balaban J connectivity index is 0.00000194. The van der Waals surface area contributed by atoms with Gasteiger partial charge in [0.25, 0.3) is 0 Å². The van der Waals surface area contributed by atoms with E-state index in [0.29, 0.717) is 6.54 Å². The van der Waals surface area contributed by atoms with E-state index in [1.165, 1.54) is 16.7 Å². The van der Waals surface area contributed by atoms with Crippen molar-refractivity contribution in [2.75, 3.05) is 26.7 Å². The highest BCUT2D eigenvalue weighted by molar-refractivity contribution is 5.85. The van der Waals surface area contributed by atoms with E-state index in [1.807, 2.05) is 47.2 Å². The Morgan fingerprint density at radius 1 is 1.07 bits per heavy atom. The topological polar surface area (TPSA) is 92.2 Å². The number of benzene rings is 2. The van der Waals surface area contributed by atoms with E-state index in [4.69, 9.17) is 4.74 Å². The van der Waals surface area contributed by atoms with Crippen LogP contribution in [-0.4, -0.2) is 58.1 Å². The molecular formula is C31H37Cl2N5O3. The van der Waals surface area contributed by atoms with Crippen LogP contribution in [0.25, 0.3) is 11.0 Å². The first-order valence-corrected chi connectivity index (χ1v) is 13.9. The Kier molecular flexibility index (Phi) is 10.1. The average molecular weight is 599 g/mol. The maximum absolute atomic E-state index is 13.3. The maximum atomic E-state index is 13.3. The molecule has 2 atom stereocenters. The highest BCUT2D eigenvalue weighted by atomic mass is 35.5. The summed E-state index contributed by atoms with van der Waals surface area (Å²) < 4.78 is 7.36. The molecule has 0 bridgehead atoms. The van der Waals surface area contributed by atoms with Crippen molar-refractivity contribution in [2.24, 2.45) is 0 Å². The molecule has 1 saturated heterocycles. The molecule has 1 fully saturated rings. The van der Waals surface area contributed by atoms with Crippen molar-refractivity contribution < 1.29 is 9.53 Å². The summed E-state index contributed by atoms with van der Waals surface area (Å²) in [5, 5.41) is 3.39. The predicted molar refractivity (Wildman–Crippen MR) is 166 cm³/mol. The number of carbonyl (C=O) groups is 1. The highest BCUT2D eigenvalue weighted by Crippen LogP contribution is 2.36. The van der Waals surface area contributed by atoms with Crippen LogP contribution in [-0.2, 0) is 17.6 Å². The number of fused-ring (bicyclic) bond motifs is 2. The lowest BCUT2D eigenvalue weighted by Crippen LogP contribution is -2.48. The number of carbonyl (C=O) groups excluding carboxylic acids is 1. The number of para-hydroxylation sites is 2. The van der Waals surface area contributed by atoms with Crippen molar-refractivity contribution >= 4 is 41.8 Å². The number of hydrogen-bond donors (Lipinski definition) is 2. The second kappa shape index (κ2) is 13.6. The number of nitrogens with one attached hydrogen (secondary N) is 2. The number of methoxy groups -OCH3 is 1. The van der Waals surface area contributed by atoms with Crippen LogP contribution in [0.4, 0.5) is 0 Å². The Morgan fingerprint density at radius 2 is 1.88 bits per heavy atom. The number of rotatable bonds is 7. The molecule has 218 valence electrons. The van der Waals surface area contributed by atoms with Gasteiger partial charge in [0.1, 0.15) is 5.75 Å². The molecule has 2 aromatic carbocycles. The fourth-order valence-corrected chi connectivity index (χ4v) is 6.44. The van der Waals surface area contributed by atoms with E-state index in [0.717, 1.165) is 62.0 Å². The Hall–Kier alpha value is -3.33. The van der Waals surface area contributed by atoms with Crippen LogP contribution in [0.15, 0.2) is 71.8 Å². The number of aromatic nitrogens is 3. The highest BCUT2D eigenvalue weighted by Gasteiger charge is 2.32. The summed E-state index contributed by atoms with van der Waals surface area (Å²) in [5.74, 6) is 1.11. The van der Waals surface area contributed by atoms with Crippen LogP contribution >= 0.6 is 24.8 Å². The minimum atomic E-state index is -0.0535. The molecule has 4 aromatic rings. The van der Waals surface area contributed by atoms with Crippen LogP contribution in [0.3, 0.4) is 0 Å². The summed E-state index contributed by atoms with van der Waals surface area (Å²) in [5.41, 5.74) is 5.51. The summed E-state index contributed by atoms with van der Waals surface area (Å²) >= 11 is 0. The van der Waals surface area contributed by atoms with Crippen LogP contribution < -0.4 is 15.7 Å². The maximum Gasteiger partial charge on any atom is 0.326 e. The standard InChI is InChI=1S/C31H35N5O3.2ClH/c1-39-24-9-10-25-22(18-24)8-11-27(26(25)17-21-5-4-14-32-19-21)33-30(37)20-35-15-12-23(13-16-35)36-29-7-3-2-6-28(29)34-31(36)38;;/h2-7,9-10,14,18-19,23,26-27H,8,11-13,15-17,20H2,1H3,(H,33,37)(H,34,38);2*1H/t26-,27+;;/m1../s1. The molecule has 2 N–H and O–H groups in total. The van der Waals surface area contributed by atoms with Gasteiger partial charge in [0.2, 0.25) is 5.91 Å². The van der Waals surface area contributed by atoms with Crippen molar-refractivity contribution in [1.82, 2.24) is 24.8 Å². The van der Waals surface area contributed by atoms with Gasteiger partial charge in [-0.2, -0.15) is 0 Å². The number of imidazole rings is 1. The zero-order valence-electron chi connectivity index (χ0n) is 23.1. The molecule has 1 aliphatic heterocycles. The van der Waals surface area contributed by atoms with Gasteiger partial charge in [-0.15, -0.1) is 24.8 Å². The molecule has 8 nitrogen and oxygen atoms in total. The van der Waals surface area contributed by atoms with E-state index in [9.17, 15) is 9.59 Å². The molecule has 0 spiro atoms. The molecule has 1 aliphatic carbocycles. The van der Waals surface area contributed by atoms with E-state index in [-0.39, 0.29) is 54.4 Å². The lowest BCUT2D eigenvalue weighted by molar-refractivity contribution is -0.123. The summed E-state index contributed by atoms with van der Waals surface area (Å²) in [6.07, 6.45) is 8.02. The van der Waals surface area contributed by atoms with Gasteiger partial charge in [-0.25, -0.2) is 4.79 Å². The molecule has 0 radical (unpaired) electrons. The van der Waals surface area contributed by atoms with E-state index in [1.54, 1.807) is 13.3 Å². The number of aromatic amines is 1. The third-order valence-electron chi connectivity index (χ3n) is 8.40. The number of likely N-dealkylation sites (tertiary alicyclic amines) is 1. The molecule has 2 aromatic heterocycles. The van der Waals surface area contributed by atoms with Gasteiger partial charge in [0, 0.05) is 43.5 Å². The quantitative estimate of drug-likeness (QED) is 0.323. The molecule has 41 heavy (non-hydrogen) atoms. The number of halogens is 2. The number of amides is 1. The lowest BCUT2D eigenvalue weighted by Gasteiger charge is -2.36. The van der Waals surface area contributed by atoms with Crippen molar-refractivity contribution in [3.8, 4) is 5.75 Å². The summed E-state index contributed by atoms with van der Waals surface area (Å²) in [6.45, 7) is 1.95. The van der Waals surface area contributed by atoms with Gasteiger partial charge < -0.3 is 15.0 Å². The first kappa shape index (κ1) is 30.6. The SMILES string of the molecule is COc1ccc2c(c1)CC[C@H](NC(=O)CN1CCC(n3c(=O)[nH]c4ccccc43)CC1)[C@@H]2Cc1cccnc1.Cl.Cl. The van der Waals surface area contributed by atoms with Crippen LogP contribution in [0.2, 0.25) is 0 Å². The van der Waals surface area contributed by atoms with Crippen molar-refractivity contribution in [1.29, 1.82) is 0 Å². The second-order valence-corrected chi connectivity index (χ2v) is 10.8. The van der Waals surface area contributed by atoms with Crippen molar-refractivity contribution in [2.45, 2.75) is 50.1 Å². The zero-order chi connectivity index (χ0) is 26.8. The number of pyridine rings is 1. The third-order valence-corrected chi connectivity index (χ3v) is 8.40. The molecule has 1 amide bonds. The molecule has 2 aliphatic rings. The largest absolute Gasteiger partial charge is 0.497 e. The Morgan fingerprint density at radius 3 is 2.63 bits per heavy atom. The smallest absolute Gasteiger partial charge is 0.326 e. The normalized spacial score (nSPS) is 19.0. The lowest BCUT2D eigenvalue weighted by atomic mass is 9.76. The summed E-state index contributed by atoms with van der Waals surface area (Å²) in [4.78, 5) is 35.4. The number of ether oxygens (including phenoxy) is 1. The second-order valence-electron chi connectivity index (χ2n) is 10.8. The number of aryl methyl sites for hydroxylation is 1. The van der Waals surface area contributed by atoms with Crippen LogP contribution in [0.1, 0.15) is 47.9 Å². The predicted octanol–water partition coefficient (Wildman–Crippen LogP) is 4.67. The monoisotopic (exact) mass is 597 g/mol. The molecule has 3 heterocycles. The number of hydrogen-bond acceptors (Lipinski definition) is 5. The van der Waals surface area contributed by atoms with Gasteiger partial charge in [-0.05, 0) is 79.1 Å². The van der Waals surface area contributed by atoms with Gasteiger partial charge in [0.05, 0.1) is 24.7 Å². The molecular weight excluding hydrogens is 561 g/mol. The van der Waals surface area contributed by atoms with Gasteiger partial charge >= 0.3 is 5.69 Å². The first-order valence-electron chi connectivity index (χ1n) is 13.9. The zero-order valence-corrected chi connectivity index (χ0v) is 24.8. The Labute approximate surface area is 252 Å². The van der Waals surface area contributed by atoms with Crippen molar-refractivity contribution in [3.63, 3.8) is 0 Å². The molecule has 6 rings (SSSR count). The number of piperidine rings is 1.